The highest BCUT2D eigenvalue weighted by molar-refractivity contribution is 7.92. The normalized spacial score (nSPS) is 27.5. The van der Waals surface area contributed by atoms with Crippen molar-refractivity contribution in [2.24, 2.45) is 0 Å². The lowest BCUT2D eigenvalue weighted by molar-refractivity contribution is -0.154. The number of carboxylic acids is 1. The Labute approximate surface area is 204 Å². The Morgan fingerprint density at radius 2 is 1.65 bits per heavy atom. The van der Waals surface area contributed by atoms with Crippen molar-refractivity contribution in [1.82, 2.24) is 14.1 Å². The number of halogens is 1. The molecule has 34 heavy (non-hydrogen) atoms. The van der Waals surface area contributed by atoms with Gasteiger partial charge in [-0.25, -0.2) is 25.9 Å². The SMILES string of the molecule is CS(=O)(=O)N1CCC(N2CCC2C(=O)N2C[C@H](S(=O)(=O)c3ccccc3Cl)C[C@H]2C(=O)O)CC1. The van der Waals surface area contributed by atoms with Crippen LogP contribution in [0.15, 0.2) is 29.2 Å². The van der Waals surface area contributed by atoms with Crippen LogP contribution >= 0.6 is 11.6 Å². The molecule has 0 bridgehead atoms. The van der Waals surface area contributed by atoms with Crippen LogP contribution in [0.3, 0.4) is 0 Å². The summed E-state index contributed by atoms with van der Waals surface area (Å²) in [5, 5.41) is 8.74. The molecule has 1 unspecified atom stereocenters. The van der Waals surface area contributed by atoms with Crippen LogP contribution in [0.25, 0.3) is 0 Å². The predicted octanol–water partition coefficient (Wildman–Crippen LogP) is 0.666. The molecule has 1 amide bonds. The number of hydrogen-bond acceptors (Lipinski definition) is 7. The van der Waals surface area contributed by atoms with E-state index < -0.39 is 43.2 Å². The van der Waals surface area contributed by atoms with E-state index in [0.29, 0.717) is 38.9 Å². The van der Waals surface area contributed by atoms with E-state index in [-0.39, 0.29) is 34.8 Å². The third-order valence-electron chi connectivity index (χ3n) is 7.12. The van der Waals surface area contributed by atoms with Crippen LogP contribution in [0, 0.1) is 0 Å². The summed E-state index contributed by atoms with van der Waals surface area (Å²) in [5.41, 5.74) is 0. The Morgan fingerprint density at radius 3 is 2.18 bits per heavy atom. The first-order valence-corrected chi connectivity index (χ1v) is 14.9. The van der Waals surface area contributed by atoms with Gasteiger partial charge in [0.25, 0.3) is 0 Å². The van der Waals surface area contributed by atoms with Gasteiger partial charge in [-0.15, -0.1) is 0 Å². The molecule has 1 aromatic carbocycles. The van der Waals surface area contributed by atoms with Gasteiger partial charge in [0.1, 0.15) is 6.04 Å². The minimum Gasteiger partial charge on any atom is -0.480 e. The first-order valence-electron chi connectivity index (χ1n) is 11.1. The molecule has 3 atom stereocenters. The second-order valence-electron chi connectivity index (χ2n) is 9.11. The molecule has 0 spiro atoms. The highest BCUT2D eigenvalue weighted by atomic mass is 35.5. The zero-order valence-electron chi connectivity index (χ0n) is 18.7. The highest BCUT2D eigenvalue weighted by Crippen LogP contribution is 2.35. The number of carboxylic acid groups (broad SMARTS) is 1. The number of carbonyl (C=O) groups is 2. The smallest absolute Gasteiger partial charge is 0.326 e. The molecule has 0 aliphatic carbocycles. The maximum Gasteiger partial charge on any atom is 0.326 e. The fourth-order valence-electron chi connectivity index (χ4n) is 5.16. The molecule has 10 nitrogen and oxygen atoms in total. The van der Waals surface area contributed by atoms with Crippen molar-refractivity contribution in [1.29, 1.82) is 0 Å². The van der Waals surface area contributed by atoms with Gasteiger partial charge in [-0.3, -0.25) is 9.69 Å². The first-order chi connectivity index (χ1) is 15.9. The molecule has 4 rings (SSSR count). The zero-order valence-corrected chi connectivity index (χ0v) is 21.1. The Balaban J connectivity index is 1.48. The first kappa shape index (κ1) is 25.4. The van der Waals surface area contributed by atoms with Crippen LogP contribution in [0.1, 0.15) is 25.7 Å². The number of hydrogen-bond donors (Lipinski definition) is 1. The zero-order chi connectivity index (χ0) is 24.8. The number of amides is 1. The molecule has 0 radical (unpaired) electrons. The van der Waals surface area contributed by atoms with Gasteiger partial charge in [-0.1, -0.05) is 23.7 Å². The van der Waals surface area contributed by atoms with Crippen LogP contribution in [-0.4, -0.2) is 104 Å². The molecule has 1 N–H and O–H groups in total. The average molecular weight is 534 g/mol. The largest absolute Gasteiger partial charge is 0.480 e. The third kappa shape index (κ3) is 4.70. The van der Waals surface area contributed by atoms with E-state index in [1.807, 2.05) is 4.90 Å². The molecule has 188 valence electrons. The van der Waals surface area contributed by atoms with Crippen molar-refractivity contribution < 1.29 is 31.5 Å². The molecule has 0 aromatic heterocycles. The van der Waals surface area contributed by atoms with Crippen LogP contribution in [0.2, 0.25) is 5.02 Å². The van der Waals surface area contributed by atoms with E-state index in [2.05, 4.69) is 0 Å². The minimum absolute atomic E-state index is 0.0224. The number of aliphatic carboxylic acids is 1. The van der Waals surface area contributed by atoms with E-state index >= 15 is 0 Å². The number of sulfone groups is 1. The summed E-state index contributed by atoms with van der Waals surface area (Å²) in [6.07, 6.45) is 2.70. The standard InChI is InChI=1S/C21H28ClN3O7S2/c1-33(29,30)23-9-6-14(7-10-23)24-11-8-17(24)20(26)25-13-15(12-18(25)21(27)28)34(31,32)19-5-3-2-4-16(19)22/h2-5,14-15,17-18H,6-13H2,1H3,(H,27,28)/t15-,17?,18+/m1/s1. The van der Waals surface area contributed by atoms with Crippen molar-refractivity contribution in [3.05, 3.63) is 29.3 Å². The fourth-order valence-corrected chi connectivity index (χ4v) is 8.25. The van der Waals surface area contributed by atoms with Crippen LogP contribution in [0.5, 0.6) is 0 Å². The summed E-state index contributed by atoms with van der Waals surface area (Å²) < 4.78 is 51.3. The Bertz CT molecular complexity index is 1180. The summed E-state index contributed by atoms with van der Waals surface area (Å²) in [7, 11) is -7.20. The van der Waals surface area contributed by atoms with Gasteiger partial charge in [0.15, 0.2) is 9.84 Å². The summed E-state index contributed by atoms with van der Waals surface area (Å²) >= 11 is 6.09. The number of likely N-dealkylation sites (tertiary alicyclic amines) is 2. The number of nitrogens with zero attached hydrogens (tertiary/aromatic N) is 3. The summed E-state index contributed by atoms with van der Waals surface area (Å²) in [5.74, 6) is -1.63. The van der Waals surface area contributed by atoms with Gasteiger partial charge >= 0.3 is 5.97 Å². The number of piperidine rings is 1. The summed E-state index contributed by atoms with van der Waals surface area (Å²) in [4.78, 5) is 28.4. The monoisotopic (exact) mass is 533 g/mol. The minimum atomic E-state index is -3.94. The number of benzene rings is 1. The Hall–Kier alpha value is -1.73. The van der Waals surface area contributed by atoms with Gasteiger partial charge < -0.3 is 10.0 Å². The molecule has 1 aromatic rings. The van der Waals surface area contributed by atoms with Gasteiger partial charge in [-0.05, 0) is 37.8 Å². The molecular weight excluding hydrogens is 506 g/mol. The number of carbonyl (C=O) groups excluding carboxylic acids is 1. The molecule has 13 heteroatoms. The van der Waals surface area contributed by atoms with Gasteiger partial charge in [0, 0.05) is 32.2 Å². The van der Waals surface area contributed by atoms with E-state index in [1.54, 1.807) is 12.1 Å². The summed E-state index contributed by atoms with van der Waals surface area (Å²) in [6.45, 7) is 1.20. The van der Waals surface area contributed by atoms with Crippen LogP contribution in [-0.2, 0) is 29.4 Å². The van der Waals surface area contributed by atoms with Crippen molar-refractivity contribution in [2.75, 3.05) is 32.4 Å². The molecule has 3 saturated heterocycles. The van der Waals surface area contributed by atoms with Crippen molar-refractivity contribution in [2.45, 2.75) is 54.0 Å². The third-order valence-corrected chi connectivity index (χ3v) is 11.1. The van der Waals surface area contributed by atoms with E-state index in [0.717, 1.165) is 0 Å². The molecule has 3 aliphatic heterocycles. The maximum absolute atomic E-state index is 13.4. The molecule has 3 aliphatic rings. The van der Waals surface area contributed by atoms with E-state index in [4.69, 9.17) is 11.6 Å². The fraction of sp³-hybridized carbons (Fsp3) is 0.619. The molecular formula is C21H28ClN3O7S2. The number of sulfonamides is 1. The van der Waals surface area contributed by atoms with Crippen LogP contribution in [0.4, 0.5) is 0 Å². The van der Waals surface area contributed by atoms with E-state index in [1.165, 1.54) is 27.6 Å². The maximum atomic E-state index is 13.4. The van der Waals surface area contributed by atoms with Crippen LogP contribution < -0.4 is 0 Å². The van der Waals surface area contributed by atoms with Crippen molar-refractivity contribution in [3.63, 3.8) is 0 Å². The van der Waals surface area contributed by atoms with E-state index in [9.17, 15) is 31.5 Å². The van der Waals surface area contributed by atoms with Crippen molar-refractivity contribution in [3.8, 4) is 0 Å². The van der Waals surface area contributed by atoms with Gasteiger partial charge in [-0.2, -0.15) is 0 Å². The Morgan fingerprint density at radius 1 is 1.00 bits per heavy atom. The molecule has 0 saturated carbocycles. The Kier molecular flexibility index (Phi) is 7.00. The molecule has 3 heterocycles. The lowest BCUT2D eigenvalue weighted by Crippen LogP contribution is -2.63. The van der Waals surface area contributed by atoms with Gasteiger partial charge in [0.05, 0.1) is 27.5 Å². The van der Waals surface area contributed by atoms with Gasteiger partial charge in [0.2, 0.25) is 15.9 Å². The predicted molar refractivity (Wildman–Crippen MR) is 125 cm³/mol. The second kappa shape index (κ2) is 9.38. The highest BCUT2D eigenvalue weighted by Gasteiger charge is 2.50. The number of rotatable bonds is 6. The molecule has 3 fully saturated rings. The van der Waals surface area contributed by atoms with Crippen molar-refractivity contribution >= 4 is 43.3 Å². The summed E-state index contributed by atoms with van der Waals surface area (Å²) in [6, 6.07) is 4.26. The second-order valence-corrected chi connectivity index (χ2v) is 13.7. The lowest BCUT2D eigenvalue weighted by Gasteiger charge is -2.48. The topological polar surface area (TPSA) is 132 Å². The quantitative estimate of drug-likeness (QED) is 0.564. The average Bonchev–Trinajstić information content (AvgIpc) is 3.20. The lowest BCUT2D eigenvalue weighted by atomic mass is 9.93.